The number of aryl methyl sites for hydroxylation is 3. The lowest BCUT2D eigenvalue weighted by atomic mass is 10.1. The summed E-state index contributed by atoms with van der Waals surface area (Å²) < 4.78 is 5.43. The second-order valence-electron chi connectivity index (χ2n) is 7.89. The number of carbonyl (C=O) groups is 2. The molecule has 1 N–H and O–H groups in total. The maximum absolute atomic E-state index is 13.1. The number of hydrogen-bond donors (Lipinski definition) is 1. The number of anilines is 2. The largest absolute Gasteiger partial charge is 0.467 e. The first kappa shape index (κ1) is 22.3. The molecule has 0 saturated carbocycles. The molecule has 6 nitrogen and oxygen atoms in total. The van der Waals surface area contributed by atoms with E-state index in [0.717, 1.165) is 28.1 Å². The first-order valence-electron chi connectivity index (χ1n) is 10.3. The van der Waals surface area contributed by atoms with Crippen molar-refractivity contribution < 1.29 is 14.0 Å². The second-order valence-corrected chi connectivity index (χ2v) is 7.89. The van der Waals surface area contributed by atoms with Crippen LogP contribution in [0.25, 0.3) is 0 Å². The first-order valence-corrected chi connectivity index (χ1v) is 10.3. The Morgan fingerprint density at radius 2 is 1.61 bits per heavy atom. The highest BCUT2D eigenvalue weighted by atomic mass is 16.3. The normalized spacial score (nSPS) is 10.9. The lowest BCUT2D eigenvalue weighted by Crippen LogP contribution is -2.41. The van der Waals surface area contributed by atoms with Gasteiger partial charge >= 0.3 is 0 Å². The zero-order valence-corrected chi connectivity index (χ0v) is 18.5. The number of para-hydroxylation sites is 1. The Balaban J connectivity index is 1.64. The van der Waals surface area contributed by atoms with Crippen molar-refractivity contribution in [1.29, 1.82) is 0 Å². The van der Waals surface area contributed by atoms with E-state index in [2.05, 4.69) is 5.32 Å². The lowest BCUT2D eigenvalue weighted by Gasteiger charge is -2.25. The van der Waals surface area contributed by atoms with E-state index >= 15 is 0 Å². The number of furan rings is 1. The summed E-state index contributed by atoms with van der Waals surface area (Å²) >= 11 is 0. The van der Waals surface area contributed by atoms with Crippen LogP contribution in [-0.2, 0) is 16.1 Å². The van der Waals surface area contributed by atoms with E-state index in [1.807, 2.05) is 69.3 Å². The van der Waals surface area contributed by atoms with E-state index in [0.29, 0.717) is 12.3 Å². The fraction of sp³-hybridized carbons (Fsp3) is 0.280. The lowest BCUT2D eigenvalue weighted by molar-refractivity contribution is -0.121. The molecule has 0 bridgehead atoms. The van der Waals surface area contributed by atoms with Crippen LogP contribution < -0.4 is 10.2 Å². The van der Waals surface area contributed by atoms with E-state index in [1.165, 1.54) is 0 Å². The average molecular weight is 420 g/mol. The molecule has 31 heavy (non-hydrogen) atoms. The fourth-order valence-electron chi connectivity index (χ4n) is 3.66. The van der Waals surface area contributed by atoms with Gasteiger partial charge in [-0.25, -0.2) is 0 Å². The van der Waals surface area contributed by atoms with E-state index in [1.54, 1.807) is 29.2 Å². The predicted molar refractivity (Wildman–Crippen MR) is 123 cm³/mol. The summed E-state index contributed by atoms with van der Waals surface area (Å²) in [6.45, 7) is 6.55. The third-order valence-corrected chi connectivity index (χ3v) is 5.02. The summed E-state index contributed by atoms with van der Waals surface area (Å²) in [7, 11) is 1.77. The van der Waals surface area contributed by atoms with Gasteiger partial charge in [0.05, 0.1) is 25.9 Å². The minimum Gasteiger partial charge on any atom is -0.467 e. The van der Waals surface area contributed by atoms with Crippen molar-refractivity contribution in [3.8, 4) is 0 Å². The van der Waals surface area contributed by atoms with Gasteiger partial charge in [-0.1, -0.05) is 35.9 Å². The zero-order valence-electron chi connectivity index (χ0n) is 18.5. The van der Waals surface area contributed by atoms with E-state index in [4.69, 9.17) is 4.42 Å². The predicted octanol–water partition coefficient (Wildman–Crippen LogP) is 4.31. The number of nitrogens with zero attached hydrogens (tertiary/aromatic N) is 2. The summed E-state index contributed by atoms with van der Waals surface area (Å²) in [5.41, 5.74) is 4.83. The highest BCUT2D eigenvalue weighted by molar-refractivity contribution is 5.96. The SMILES string of the molecule is Cc1cc(C)c(NC(=O)CN(C)CC(=O)N(Cc2ccco2)c2ccccc2)c(C)c1. The maximum Gasteiger partial charge on any atom is 0.241 e. The van der Waals surface area contributed by atoms with Gasteiger partial charge < -0.3 is 14.6 Å². The van der Waals surface area contributed by atoms with Gasteiger partial charge in [0.2, 0.25) is 11.8 Å². The van der Waals surface area contributed by atoms with Crippen molar-refractivity contribution in [2.24, 2.45) is 0 Å². The van der Waals surface area contributed by atoms with Gasteiger partial charge in [0.1, 0.15) is 5.76 Å². The van der Waals surface area contributed by atoms with E-state index in [9.17, 15) is 9.59 Å². The number of nitrogens with one attached hydrogen (secondary N) is 1. The van der Waals surface area contributed by atoms with Crippen LogP contribution in [0.3, 0.4) is 0 Å². The molecule has 1 aromatic heterocycles. The quantitative estimate of drug-likeness (QED) is 0.591. The minimum atomic E-state index is -0.150. The molecule has 0 saturated heterocycles. The van der Waals surface area contributed by atoms with Crippen molar-refractivity contribution >= 4 is 23.2 Å². The van der Waals surface area contributed by atoms with Gasteiger partial charge in [-0.15, -0.1) is 0 Å². The molecule has 0 spiro atoms. The van der Waals surface area contributed by atoms with Crippen LogP contribution >= 0.6 is 0 Å². The summed E-state index contributed by atoms with van der Waals surface area (Å²) in [5.74, 6) is 0.436. The van der Waals surface area contributed by atoms with Crippen LogP contribution in [0, 0.1) is 20.8 Å². The third-order valence-electron chi connectivity index (χ3n) is 5.02. The van der Waals surface area contributed by atoms with Crippen LogP contribution in [0.2, 0.25) is 0 Å². The van der Waals surface area contributed by atoms with Crippen LogP contribution in [0.1, 0.15) is 22.5 Å². The Hall–Kier alpha value is -3.38. The maximum atomic E-state index is 13.1. The Labute approximate surface area is 183 Å². The molecule has 3 aromatic rings. The van der Waals surface area contributed by atoms with Gasteiger partial charge in [0.15, 0.2) is 0 Å². The summed E-state index contributed by atoms with van der Waals surface area (Å²) in [5, 5.41) is 2.99. The van der Waals surface area contributed by atoms with Gasteiger partial charge in [-0.2, -0.15) is 0 Å². The van der Waals surface area contributed by atoms with E-state index < -0.39 is 0 Å². The number of rotatable bonds is 8. The van der Waals surface area contributed by atoms with Gasteiger partial charge in [0, 0.05) is 11.4 Å². The molecule has 0 aliphatic rings. The molecule has 0 radical (unpaired) electrons. The van der Waals surface area contributed by atoms with Crippen molar-refractivity contribution in [3.05, 3.63) is 83.3 Å². The van der Waals surface area contributed by atoms with Crippen LogP contribution in [0.4, 0.5) is 11.4 Å². The van der Waals surface area contributed by atoms with Crippen LogP contribution in [0.15, 0.2) is 65.3 Å². The van der Waals surface area contributed by atoms with E-state index in [-0.39, 0.29) is 24.9 Å². The molecule has 0 atom stereocenters. The molecular weight excluding hydrogens is 390 g/mol. The molecule has 6 heteroatoms. The minimum absolute atomic E-state index is 0.106. The molecule has 2 amide bonds. The summed E-state index contributed by atoms with van der Waals surface area (Å²) in [4.78, 5) is 29.1. The molecule has 0 aliphatic heterocycles. The molecule has 1 heterocycles. The average Bonchev–Trinajstić information content (AvgIpc) is 3.22. The van der Waals surface area contributed by atoms with Gasteiger partial charge in [-0.05, 0) is 63.2 Å². The topological polar surface area (TPSA) is 65.8 Å². The van der Waals surface area contributed by atoms with Gasteiger partial charge in [0.25, 0.3) is 0 Å². The monoisotopic (exact) mass is 419 g/mol. The molecule has 3 rings (SSSR count). The van der Waals surface area contributed by atoms with Crippen LogP contribution in [0.5, 0.6) is 0 Å². The van der Waals surface area contributed by atoms with Crippen molar-refractivity contribution in [2.75, 3.05) is 30.4 Å². The van der Waals surface area contributed by atoms with Crippen molar-refractivity contribution in [2.45, 2.75) is 27.3 Å². The highest BCUT2D eigenvalue weighted by Crippen LogP contribution is 2.22. The van der Waals surface area contributed by atoms with Gasteiger partial charge in [-0.3, -0.25) is 14.5 Å². The van der Waals surface area contributed by atoms with Crippen molar-refractivity contribution in [1.82, 2.24) is 4.90 Å². The zero-order chi connectivity index (χ0) is 22.4. The summed E-state index contributed by atoms with van der Waals surface area (Å²) in [6.07, 6.45) is 1.59. The smallest absolute Gasteiger partial charge is 0.241 e. The van der Waals surface area contributed by atoms with Crippen molar-refractivity contribution in [3.63, 3.8) is 0 Å². The highest BCUT2D eigenvalue weighted by Gasteiger charge is 2.20. The summed E-state index contributed by atoms with van der Waals surface area (Å²) in [6, 6.07) is 17.2. The standard InChI is InChI=1S/C25H29N3O3/c1-18-13-19(2)25(20(3)14-18)26-23(29)16-27(4)17-24(30)28(15-22-11-8-12-31-22)21-9-6-5-7-10-21/h5-14H,15-17H2,1-4H3,(H,26,29). The Kier molecular flexibility index (Phi) is 7.26. The Morgan fingerprint density at radius 1 is 0.935 bits per heavy atom. The first-order chi connectivity index (χ1) is 14.8. The number of likely N-dealkylation sites (N-methyl/N-ethyl adjacent to an activating group) is 1. The second kappa shape index (κ2) is 10.1. The fourth-order valence-corrected chi connectivity index (χ4v) is 3.66. The number of benzene rings is 2. The molecule has 2 aromatic carbocycles. The van der Waals surface area contributed by atoms with Crippen LogP contribution in [-0.4, -0.2) is 36.9 Å². The Morgan fingerprint density at radius 3 is 2.23 bits per heavy atom. The molecule has 0 fully saturated rings. The Bertz CT molecular complexity index is 1010. The molecule has 162 valence electrons. The third kappa shape index (κ3) is 6.06. The number of carbonyl (C=O) groups excluding carboxylic acids is 2. The number of amides is 2. The number of hydrogen-bond acceptors (Lipinski definition) is 4. The molecular formula is C25H29N3O3. The molecule has 0 aliphatic carbocycles. The molecule has 0 unspecified atom stereocenters.